The third kappa shape index (κ3) is 4.38. The molecule has 26 heavy (non-hydrogen) atoms. The van der Waals surface area contributed by atoms with E-state index in [1.165, 1.54) is 0 Å². The van der Waals surface area contributed by atoms with Crippen LogP contribution in [0.4, 0.5) is 4.79 Å². The summed E-state index contributed by atoms with van der Waals surface area (Å²) in [5.41, 5.74) is 0.353. The predicted molar refractivity (Wildman–Crippen MR) is 102 cm³/mol. The van der Waals surface area contributed by atoms with Gasteiger partial charge in [-0.1, -0.05) is 44.2 Å². The first-order valence-electron chi connectivity index (χ1n) is 9.98. The van der Waals surface area contributed by atoms with Crippen LogP contribution in [0.2, 0.25) is 0 Å². The Morgan fingerprint density at radius 1 is 1.19 bits per heavy atom. The van der Waals surface area contributed by atoms with Gasteiger partial charge >= 0.3 is 6.09 Å². The highest BCUT2D eigenvalue weighted by Crippen LogP contribution is 2.42. The summed E-state index contributed by atoms with van der Waals surface area (Å²) in [6.45, 7) is 7.56. The molecule has 1 aromatic rings. The van der Waals surface area contributed by atoms with E-state index in [4.69, 9.17) is 4.74 Å². The van der Waals surface area contributed by atoms with Gasteiger partial charge in [0.25, 0.3) is 0 Å². The summed E-state index contributed by atoms with van der Waals surface area (Å²) in [7, 11) is 0. The van der Waals surface area contributed by atoms with Crippen molar-refractivity contribution in [1.29, 1.82) is 0 Å². The predicted octanol–water partition coefficient (Wildman–Crippen LogP) is 3.41. The van der Waals surface area contributed by atoms with Crippen molar-refractivity contribution >= 4 is 6.09 Å². The van der Waals surface area contributed by atoms with E-state index in [2.05, 4.69) is 18.7 Å². The van der Waals surface area contributed by atoms with Crippen LogP contribution < -0.4 is 0 Å². The van der Waals surface area contributed by atoms with E-state index in [9.17, 15) is 9.90 Å². The zero-order chi connectivity index (χ0) is 18.6. The second kappa shape index (κ2) is 8.40. The van der Waals surface area contributed by atoms with Crippen molar-refractivity contribution in [2.24, 2.45) is 0 Å². The molecule has 2 aliphatic rings. The Bertz CT molecular complexity index is 574. The number of amides is 1. The molecular formula is C21H32N2O3. The zero-order valence-electron chi connectivity index (χ0n) is 16.1. The maximum Gasteiger partial charge on any atom is 0.410 e. The highest BCUT2D eigenvalue weighted by atomic mass is 16.6. The Morgan fingerprint density at radius 2 is 1.81 bits per heavy atom. The Hall–Kier alpha value is -1.59. The molecule has 2 aliphatic heterocycles. The number of piperidine rings is 1. The molecule has 2 fully saturated rings. The van der Waals surface area contributed by atoms with Gasteiger partial charge < -0.3 is 19.6 Å². The summed E-state index contributed by atoms with van der Waals surface area (Å²) in [5.74, 6) is 0. The Morgan fingerprint density at radius 3 is 2.38 bits per heavy atom. The normalized spacial score (nSPS) is 27.8. The summed E-state index contributed by atoms with van der Waals surface area (Å²) in [6, 6.07) is 9.99. The molecule has 144 valence electrons. The van der Waals surface area contributed by atoms with Gasteiger partial charge in [-0.3, -0.25) is 0 Å². The largest absolute Gasteiger partial charge is 0.445 e. The molecule has 1 amide bonds. The number of nitrogens with zero attached hydrogens (tertiary/aromatic N) is 2. The number of carbonyl (C=O) groups excluding carboxylic acids is 1. The minimum absolute atomic E-state index is 0.110. The highest BCUT2D eigenvalue weighted by Gasteiger charge is 2.49. The minimum atomic E-state index is -0.648. The smallest absolute Gasteiger partial charge is 0.410 e. The van der Waals surface area contributed by atoms with Gasteiger partial charge in [0.15, 0.2) is 0 Å². The topological polar surface area (TPSA) is 53.0 Å². The van der Waals surface area contributed by atoms with E-state index in [0.717, 1.165) is 44.5 Å². The molecule has 2 saturated heterocycles. The zero-order valence-corrected chi connectivity index (χ0v) is 16.1. The number of benzene rings is 1. The van der Waals surface area contributed by atoms with Crippen LogP contribution in [0.25, 0.3) is 0 Å². The van der Waals surface area contributed by atoms with Crippen LogP contribution >= 0.6 is 0 Å². The van der Waals surface area contributed by atoms with Gasteiger partial charge in [-0.15, -0.1) is 0 Å². The number of ether oxygens (including phenoxy) is 1. The maximum absolute atomic E-state index is 12.6. The van der Waals surface area contributed by atoms with Gasteiger partial charge in [-0.25, -0.2) is 4.79 Å². The van der Waals surface area contributed by atoms with Crippen LogP contribution in [0.5, 0.6) is 0 Å². The first kappa shape index (κ1) is 19.2. The fraction of sp³-hybridized carbons (Fsp3) is 0.667. The van der Waals surface area contributed by atoms with Crippen molar-refractivity contribution < 1.29 is 14.6 Å². The third-order valence-electron chi connectivity index (χ3n) is 6.05. The maximum atomic E-state index is 12.6. The average molecular weight is 360 g/mol. The molecule has 2 heterocycles. The molecule has 0 radical (unpaired) electrons. The Kier molecular flexibility index (Phi) is 6.20. The van der Waals surface area contributed by atoms with Crippen molar-refractivity contribution in [3.05, 3.63) is 35.9 Å². The van der Waals surface area contributed by atoms with E-state index < -0.39 is 5.60 Å². The van der Waals surface area contributed by atoms with Crippen LogP contribution in [0, 0.1) is 0 Å². The van der Waals surface area contributed by atoms with Crippen LogP contribution in [-0.4, -0.2) is 58.3 Å². The van der Waals surface area contributed by atoms with E-state index >= 15 is 0 Å². The first-order chi connectivity index (χ1) is 12.5. The van der Waals surface area contributed by atoms with E-state index in [1.54, 1.807) is 0 Å². The fourth-order valence-corrected chi connectivity index (χ4v) is 4.52. The monoisotopic (exact) mass is 360 g/mol. The second-order valence-corrected chi connectivity index (χ2v) is 7.74. The molecule has 0 saturated carbocycles. The molecular weight excluding hydrogens is 328 g/mol. The number of fused-ring (bicyclic) bond motifs is 2. The summed E-state index contributed by atoms with van der Waals surface area (Å²) < 4.78 is 5.55. The van der Waals surface area contributed by atoms with Crippen LogP contribution in [-0.2, 0) is 11.3 Å². The molecule has 1 aromatic carbocycles. The summed E-state index contributed by atoms with van der Waals surface area (Å²) in [6.07, 6.45) is 3.84. The van der Waals surface area contributed by atoms with Crippen molar-refractivity contribution in [1.82, 2.24) is 9.80 Å². The quantitative estimate of drug-likeness (QED) is 0.810. The molecule has 0 spiro atoms. The minimum Gasteiger partial charge on any atom is -0.445 e. The van der Waals surface area contributed by atoms with Crippen LogP contribution in [0.15, 0.2) is 30.3 Å². The van der Waals surface area contributed by atoms with E-state index in [1.807, 2.05) is 35.2 Å². The van der Waals surface area contributed by atoms with Gasteiger partial charge in [0, 0.05) is 18.6 Å². The van der Waals surface area contributed by atoms with E-state index in [0.29, 0.717) is 19.4 Å². The molecule has 3 rings (SSSR count). The Labute approximate surface area is 156 Å². The molecule has 5 heteroatoms. The van der Waals surface area contributed by atoms with Gasteiger partial charge in [-0.05, 0) is 50.8 Å². The molecule has 1 N–H and O–H groups in total. The molecule has 2 bridgehead atoms. The lowest BCUT2D eigenvalue weighted by molar-refractivity contribution is -0.0580. The second-order valence-electron chi connectivity index (χ2n) is 7.74. The fourth-order valence-electron chi connectivity index (χ4n) is 4.52. The van der Waals surface area contributed by atoms with Gasteiger partial charge in [0.1, 0.15) is 6.61 Å². The van der Waals surface area contributed by atoms with Crippen LogP contribution in [0.3, 0.4) is 0 Å². The molecule has 2 unspecified atom stereocenters. The molecule has 2 atom stereocenters. The van der Waals surface area contributed by atoms with Crippen LogP contribution in [0.1, 0.15) is 51.5 Å². The Balaban J connectivity index is 1.55. The first-order valence-corrected chi connectivity index (χ1v) is 9.98. The van der Waals surface area contributed by atoms with Crippen molar-refractivity contribution in [3.8, 4) is 0 Å². The lowest BCUT2D eigenvalue weighted by Crippen LogP contribution is -2.54. The molecule has 5 nitrogen and oxygen atoms in total. The van der Waals surface area contributed by atoms with Gasteiger partial charge in [-0.2, -0.15) is 0 Å². The van der Waals surface area contributed by atoms with Crippen molar-refractivity contribution in [3.63, 3.8) is 0 Å². The molecule has 0 aromatic heterocycles. The number of hydrogen-bond acceptors (Lipinski definition) is 4. The summed E-state index contributed by atoms with van der Waals surface area (Å²) >= 11 is 0. The number of aliphatic hydroxyl groups is 1. The number of hydrogen-bond donors (Lipinski definition) is 1. The van der Waals surface area contributed by atoms with E-state index in [-0.39, 0.29) is 18.2 Å². The van der Waals surface area contributed by atoms with Crippen molar-refractivity contribution in [2.75, 3.05) is 19.6 Å². The summed E-state index contributed by atoms with van der Waals surface area (Å²) in [5, 5.41) is 11.1. The van der Waals surface area contributed by atoms with Crippen molar-refractivity contribution in [2.45, 2.75) is 70.2 Å². The highest BCUT2D eigenvalue weighted by molar-refractivity contribution is 5.69. The number of carbonyl (C=O) groups is 1. The lowest BCUT2D eigenvalue weighted by Gasteiger charge is -2.43. The average Bonchev–Trinajstić information content (AvgIpc) is 2.94. The van der Waals surface area contributed by atoms with Gasteiger partial charge in [0.2, 0.25) is 0 Å². The standard InChI is InChI=1S/C21H32N2O3/c1-3-22(4-2)13-12-21(25)14-18-10-11-19(15-21)23(18)20(24)26-16-17-8-6-5-7-9-17/h5-9,18-19,25H,3-4,10-16H2,1-2H3. The van der Waals surface area contributed by atoms with Gasteiger partial charge in [0.05, 0.1) is 5.60 Å². The SMILES string of the molecule is CCN(CC)CCC1(O)CC2CCC(C1)N2C(=O)OCc1ccccc1. The lowest BCUT2D eigenvalue weighted by atomic mass is 9.83. The number of rotatable bonds is 7. The molecule has 0 aliphatic carbocycles. The third-order valence-corrected chi connectivity index (χ3v) is 6.05. The summed E-state index contributed by atoms with van der Waals surface area (Å²) in [4.78, 5) is 16.9.